The lowest BCUT2D eigenvalue weighted by Crippen LogP contribution is -2.32. The number of nitrogens with zero attached hydrogens (tertiary/aromatic N) is 1. The molecule has 0 bridgehead atoms. The Morgan fingerprint density at radius 3 is 2.29 bits per heavy atom. The van der Waals surface area contributed by atoms with Gasteiger partial charge in [0.15, 0.2) is 0 Å². The van der Waals surface area contributed by atoms with Crippen LogP contribution in [0.2, 0.25) is 5.02 Å². The summed E-state index contributed by atoms with van der Waals surface area (Å²) in [5.74, 6) is -1.19. The minimum atomic E-state index is -0.655. The molecular weight excluding hydrogens is 489 g/mol. The highest BCUT2D eigenvalue weighted by Crippen LogP contribution is 2.36. The number of hydrogen-bond donors (Lipinski definition) is 2. The lowest BCUT2D eigenvalue weighted by atomic mass is 10.1. The zero-order valence-electron chi connectivity index (χ0n) is 19.1. The number of aryl methyl sites for hydroxylation is 2. The summed E-state index contributed by atoms with van der Waals surface area (Å²) in [6.07, 6.45) is 0. The number of nitrogens with one attached hydrogen (secondary N) is 2. The molecule has 7 nitrogen and oxygen atoms in total. The smallest absolute Gasteiger partial charge is 0.283 e. The summed E-state index contributed by atoms with van der Waals surface area (Å²) < 4.78 is 5.32. The van der Waals surface area contributed by atoms with Crippen LogP contribution in [0.25, 0.3) is 0 Å². The number of methoxy groups -OCH3 is 1. The van der Waals surface area contributed by atoms with Gasteiger partial charge in [-0.25, -0.2) is 4.90 Å². The second kappa shape index (κ2) is 9.82. The third kappa shape index (κ3) is 4.87. The molecule has 1 aliphatic rings. The van der Waals surface area contributed by atoms with Gasteiger partial charge in [0, 0.05) is 22.0 Å². The van der Waals surface area contributed by atoms with Crippen molar-refractivity contribution in [1.82, 2.24) is 0 Å². The van der Waals surface area contributed by atoms with E-state index in [0.29, 0.717) is 33.4 Å². The van der Waals surface area contributed by atoms with E-state index in [2.05, 4.69) is 10.6 Å². The number of ether oxygens (including phenoxy) is 1. The maximum Gasteiger partial charge on any atom is 0.283 e. The van der Waals surface area contributed by atoms with Gasteiger partial charge < -0.3 is 15.4 Å². The van der Waals surface area contributed by atoms with Gasteiger partial charge >= 0.3 is 0 Å². The van der Waals surface area contributed by atoms with Crippen molar-refractivity contribution < 1.29 is 19.1 Å². The van der Waals surface area contributed by atoms with Crippen molar-refractivity contribution in [2.75, 3.05) is 22.6 Å². The molecular formula is C26H21Cl2N3O4. The number of benzene rings is 3. The molecule has 3 aromatic carbocycles. The molecule has 1 heterocycles. The molecule has 9 heteroatoms. The predicted octanol–water partition coefficient (Wildman–Crippen LogP) is 5.65. The van der Waals surface area contributed by atoms with E-state index in [4.69, 9.17) is 27.9 Å². The summed E-state index contributed by atoms with van der Waals surface area (Å²) >= 11 is 12.2. The van der Waals surface area contributed by atoms with E-state index in [9.17, 15) is 14.4 Å². The van der Waals surface area contributed by atoms with Gasteiger partial charge in [0.2, 0.25) is 0 Å². The van der Waals surface area contributed by atoms with Crippen LogP contribution in [0.15, 0.2) is 71.4 Å². The number of carbonyl (C=O) groups excluding carboxylic acids is 3. The van der Waals surface area contributed by atoms with Crippen LogP contribution in [0.5, 0.6) is 5.75 Å². The fraction of sp³-hybridized carbons (Fsp3) is 0.115. The highest BCUT2D eigenvalue weighted by atomic mass is 35.5. The molecule has 178 valence electrons. The van der Waals surface area contributed by atoms with E-state index < -0.39 is 11.8 Å². The molecule has 0 atom stereocenters. The summed E-state index contributed by atoms with van der Waals surface area (Å²) in [5, 5.41) is 6.09. The van der Waals surface area contributed by atoms with Crippen molar-refractivity contribution in [3.05, 3.63) is 93.1 Å². The third-order valence-corrected chi connectivity index (χ3v) is 6.04. The molecule has 0 unspecified atom stereocenters. The summed E-state index contributed by atoms with van der Waals surface area (Å²) in [7, 11) is 1.46. The molecule has 1 aliphatic heterocycles. The molecule has 0 aromatic heterocycles. The summed E-state index contributed by atoms with van der Waals surface area (Å²) in [5.41, 5.74) is 3.48. The molecule has 0 saturated heterocycles. The molecule has 3 amide bonds. The zero-order chi connectivity index (χ0) is 25.3. The topological polar surface area (TPSA) is 87.7 Å². The van der Waals surface area contributed by atoms with Crippen LogP contribution < -0.4 is 20.3 Å². The van der Waals surface area contributed by atoms with Gasteiger partial charge in [-0.2, -0.15) is 0 Å². The first-order valence-electron chi connectivity index (χ1n) is 10.6. The second-order valence-corrected chi connectivity index (χ2v) is 8.74. The lowest BCUT2D eigenvalue weighted by molar-refractivity contribution is -0.120. The third-order valence-electron chi connectivity index (χ3n) is 5.46. The summed E-state index contributed by atoms with van der Waals surface area (Å²) in [4.78, 5) is 39.5. The molecule has 4 rings (SSSR count). The summed E-state index contributed by atoms with van der Waals surface area (Å²) in [6.45, 7) is 3.69. The van der Waals surface area contributed by atoms with Gasteiger partial charge in [0.05, 0.1) is 12.8 Å². The van der Waals surface area contributed by atoms with Gasteiger partial charge in [0.1, 0.15) is 16.5 Å². The van der Waals surface area contributed by atoms with Crippen LogP contribution in [-0.2, 0) is 9.59 Å². The van der Waals surface area contributed by atoms with E-state index in [-0.39, 0.29) is 16.6 Å². The van der Waals surface area contributed by atoms with Crippen LogP contribution in [0.3, 0.4) is 0 Å². The highest BCUT2D eigenvalue weighted by molar-refractivity contribution is 6.53. The maximum absolute atomic E-state index is 13.1. The van der Waals surface area contributed by atoms with Gasteiger partial charge in [-0.05, 0) is 79.6 Å². The van der Waals surface area contributed by atoms with Gasteiger partial charge in [-0.3, -0.25) is 14.4 Å². The van der Waals surface area contributed by atoms with Crippen LogP contribution in [0.4, 0.5) is 17.1 Å². The Bertz CT molecular complexity index is 1380. The van der Waals surface area contributed by atoms with E-state index in [0.717, 1.165) is 16.0 Å². The van der Waals surface area contributed by atoms with E-state index in [1.165, 1.54) is 7.11 Å². The average molecular weight is 510 g/mol. The van der Waals surface area contributed by atoms with Gasteiger partial charge in [0.25, 0.3) is 17.7 Å². The standard InChI is InChI=1S/C26H21Cl2N3O4/c1-14-4-11-21(35-3)20(12-14)31-25(33)22(28)23(26(31)34)29-18-8-5-16(6-9-18)24(32)30-19-10-7-17(27)13-15(19)2/h4-13,29H,1-3H3,(H,30,32). The first-order valence-corrected chi connectivity index (χ1v) is 11.3. The number of anilines is 3. The van der Waals surface area contributed by atoms with Gasteiger partial charge in [-0.15, -0.1) is 0 Å². The Morgan fingerprint density at radius 2 is 1.63 bits per heavy atom. The molecule has 0 saturated carbocycles. The van der Waals surface area contributed by atoms with Crippen molar-refractivity contribution in [2.45, 2.75) is 13.8 Å². The van der Waals surface area contributed by atoms with E-state index >= 15 is 0 Å². The van der Waals surface area contributed by atoms with Crippen molar-refractivity contribution in [3.63, 3.8) is 0 Å². The maximum atomic E-state index is 13.1. The van der Waals surface area contributed by atoms with Crippen LogP contribution in [-0.4, -0.2) is 24.8 Å². The fourth-order valence-electron chi connectivity index (χ4n) is 3.62. The number of imide groups is 1. The largest absolute Gasteiger partial charge is 0.495 e. The number of carbonyl (C=O) groups is 3. The minimum Gasteiger partial charge on any atom is -0.495 e. The number of halogens is 2. The van der Waals surface area contributed by atoms with Crippen LogP contribution in [0.1, 0.15) is 21.5 Å². The highest BCUT2D eigenvalue weighted by Gasteiger charge is 2.40. The van der Waals surface area contributed by atoms with Crippen molar-refractivity contribution in [3.8, 4) is 5.75 Å². The first kappa shape index (κ1) is 24.3. The Balaban J connectivity index is 1.51. The van der Waals surface area contributed by atoms with E-state index in [1.54, 1.807) is 54.6 Å². The first-order chi connectivity index (χ1) is 16.7. The predicted molar refractivity (Wildman–Crippen MR) is 137 cm³/mol. The number of amides is 3. The molecule has 0 radical (unpaired) electrons. The zero-order valence-corrected chi connectivity index (χ0v) is 20.6. The van der Waals surface area contributed by atoms with Crippen molar-refractivity contribution in [1.29, 1.82) is 0 Å². The van der Waals surface area contributed by atoms with E-state index in [1.807, 2.05) is 19.9 Å². The molecule has 0 aliphatic carbocycles. The molecule has 2 N–H and O–H groups in total. The Kier molecular flexibility index (Phi) is 6.82. The van der Waals surface area contributed by atoms with Crippen molar-refractivity contribution >= 4 is 58.0 Å². The van der Waals surface area contributed by atoms with Crippen molar-refractivity contribution in [2.24, 2.45) is 0 Å². The second-order valence-electron chi connectivity index (χ2n) is 7.93. The Hall–Kier alpha value is -3.81. The number of hydrogen-bond acceptors (Lipinski definition) is 5. The monoisotopic (exact) mass is 509 g/mol. The lowest BCUT2D eigenvalue weighted by Gasteiger charge is -2.18. The molecule has 0 fully saturated rings. The van der Waals surface area contributed by atoms with Gasteiger partial charge in [-0.1, -0.05) is 29.3 Å². The molecule has 35 heavy (non-hydrogen) atoms. The summed E-state index contributed by atoms with van der Waals surface area (Å²) in [6, 6.07) is 16.8. The Morgan fingerprint density at radius 1 is 0.914 bits per heavy atom. The fourth-order valence-corrected chi connectivity index (χ4v) is 4.06. The minimum absolute atomic E-state index is 0.0609. The average Bonchev–Trinajstić information content (AvgIpc) is 3.04. The SMILES string of the molecule is COc1ccc(C)cc1N1C(=O)C(Cl)=C(Nc2ccc(C(=O)Nc3ccc(Cl)cc3C)cc2)C1=O. The quantitative estimate of drug-likeness (QED) is 0.419. The Labute approximate surface area is 212 Å². The van der Waals surface area contributed by atoms with Crippen LogP contribution in [0, 0.1) is 13.8 Å². The van der Waals surface area contributed by atoms with Crippen LogP contribution >= 0.6 is 23.2 Å². The number of rotatable bonds is 6. The molecule has 0 spiro atoms. The normalized spacial score (nSPS) is 13.3. The molecule has 3 aromatic rings.